The van der Waals surface area contributed by atoms with Gasteiger partial charge in [0.05, 0.1) is 27.2 Å². The van der Waals surface area contributed by atoms with Gasteiger partial charge in [-0.3, -0.25) is 14.4 Å². The molecule has 2 aliphatic carbocycles. The maximum Gasteiger partial charge on any atom is 0.243 e. The molecule has 3 N–H and O–H groups in total. The molecule has 9 heteroatoms. The quantitative estimate of drug-likeness (QED) is 0.442. The standard InChI is InChI=1S/C31H47N3O6/c1-38-24-18-22(19-25(39-2)28(24)40-3)26(20-12-6-4-7-13-20)31(37)34-17-11-10-16-23(34)30(36)33-27(29(32)35)21-14-8-5-9-15-21/h18-21,23,26-27H,4-17H2,1-3H3,(H2,32,35)(H,33,36)/t23?,26-,27-/m0/s1. The summed E-state index contributed by atoms with van der Waals surface area (Å²) in [6, 6.07) is 2.43. The lowest BCUT2D eigenvalue weighted by Crippen LogP contribution is -2.58. The zero-order valence-electron chi connectivity index (χ0n) is 24.4. The van der Waals surface area contributed by atoms with Crippen molar-refractivity contribution in [3.63, 3.8) is 0 Å². The molecule has 4 rings (SSSR count). The number of rotatable bonds is 10. The van der Waals surface area contributed by atoms with Crippen molar-refractivity contribution < 1.29 is 28.6 Å². The molecule has 40 heavy (non-hydrogen) atoms. The van der Waals surface area contributed by atoms with Gasteiger partial charge in [0.1, 0.15) is 12.1 Å². The fraction of sp³-hybridized carbons (Fsp3) is 0.710. The summed E-state index contributed by atoms with van der Waals surface area (Å²) in [7, 11) is 4.71. The number of nitrogens with two attached hydrogens (primary N) is 1. The SMILES string of the molecule is COc1cc([C@@H](C(=O)N2CCCCC2C(=O)N[C@H](C(N)=O)C2CCCCC2)C2CCCCC2)cc(OC)c1OC. The van der Waals surface area contributed by atoms with Crippen LogP contribution in [-0.2, 0) is 14.4 Å². The molecule has 3 atom stereocenters. The van der Waals surface area contributed by atoms with E-state index in [1.807, 2.05) is 12.1 Å². The molecule has 222 valence electrons. The molecule has 0 radical (unpaired) electrons. The van der Waals surface area contributed by atoms with Crippen molar-refractivity contribution in [3.05, 3.63) is 17.7 Å². The lowest BCUT2D eigenvalue weighted by molar-refractivity contribution is -0.145. The van der Waals surface area contributed by atoms with Gasteiger partial charge in [0, 0.05) is 6.54 Å². The van der Waals surface area contributed by atoms with E-state index >= 15 is 0 Å². The Balaban J connectivity index is 1.64. The van der Waals surface area contributed by atoms with Gasteiger partial charge in [-0.2, -0.15) is 0 Å². The molecule has 3 amide bonds. The number of primary amides is 1. The zero-order valence-corrected chi connectivity index (χ0v) is 24.4. The first-order chi connectivity index (χ1) is 19.4. The number of carbonyl (C=O) groups excluding carboxylic acids is 3. The van der Waals surface area contributed by atoms with Crippen LogP contribution >= 0.6 is 0 Å². The van der Waals surface area contributed by atoms with Crippen molar-refractivity contribution in [2.24, 2.45) is 17.6 Å². The Kier molecular flexibility index (Phi) is 10.6. The second-order valence-corrected chi connectivity index (χ2v) is 11.7. The van der Waals surface area contributed by atoms with E-state index in [-0.39, 0.29) is 23.7 Å². The highest BCUT2D eigenvalue weighted by Gasteiger charge is 2.41. The summed E-state index contributed by atoms with van der Waals surface area (Å²) in [5.41, 5.74) is 6.59. The third-order valence-electron chi connectivity index (χ3n) is 9.25. The van der Waals surface area contributed by atoms with Gasteiger partial charge in [-0.05, 0) is 74.5 Å². The van der Waals surface area contributed by atoms with Crippen LogP contribution in [0.1, 0.15) is 95.0 Å². The fourth-order valence-electron chi connectivity index (χ4n) is 7.15. The van der Waals surface area contributed by atoms with Crippen molar-refractivity contribution in [2.75, 3.05) is 27.9 Å². The number of benzene rings is 1. The Morgan fingerprint density at radius 1 is 0.800 bits per heavy atom. The van der Waals surface area contributed by atoms with Gasteiger partial charge in [-0.25, -0.2) is 0 Å². The summed E-state index contributed by atoms with van der Waals surface area (Å²) in [5, 5.41) is 2.99. The number of methoxy groups -OCH3 is 3. The summed E-state index contributed by atoms with van der Waals surface area (Å²) in [5.74, 6) is 0.458. The predicted octanol–water partition coefficient (Wildman–Crippen LogP) is 4.31. The minimum Gasteiger partial charge on any atom is -0.493 e. The number of nitrogens with zero attached hydrogens (tertiary/aromatic N) is 1. The first-order valence-electron chi connectivity index (χ1n) is 15.1. The summed E-state index contributed by atoms with van der Waals surface area (Å²) < 4.78 is 16.8. The van der Waals surface area contributed by atoms with Crippen LogP contribution in [-0.4, -0.2) is 62.6 Å². The molecule has 3 aliphatic rings. The monoisotopic (exact) mass is 557 g/mol. The Labute approximate surface area is 238 Å². The Bertz CT molecular complexity index is 1010. The van der Waals surface area contributed by atoms with Gasteiger partial charge in [0.15, 0.2) is 11.5 Å². The second-order valence-electron chi connectivity index (χ2n) is 11.7. The normalized spacial score (nSPS) is 22.2. The molecule has 1 aromatic rings. The van der Waals surface area contributed by atoms with Gasteiger partial charge in [0.25, 0.3) is 0 Å². The van der Waals surface area contributed by atoms with Crippen molar-refractivity contribution in [2.45, 2.75) is 101 Å². The van der Waals surface area contributed by atoms with Crippen LogP contribution in [0.5, 0.6) is 17.2 Å². The predicted molar refractivity (Wildman–Crippen MR) is 152 cm³/mol. The number of hydrogen-bond donors (Lipinski definition) is 2. The van der Waals surface area contributed by atoms with Crippen molar-refractivity contribution >= 4 is 17.7 Å². The molecule has 3 fully saturated rings. The second kappa shape index (κ2) is 14.1. The van der Waals surface area contributed by atoms with Gasteiger partial charge in [-0.1, -0.05) is 38.5 Å². The van der Waals surface area contributed by atoms with Gasteiger partial charge in [0.2, 0.25) is 23.5 Å². The van der Waals surface area contributed by atoms with Crippen LogP contribution in [0.25, 0.3) is 0 Å². The third-order valence-corrected chi connectivity index (χ3v) is 9.25. The number of likely N-dealkylation sites (tertiary alicyclic amines) is 1. The first-order valence-corrected chi connectivity index (χ1v) is 15.1. The molecule has 1 unspecified atom stereocenters. The Morgan fingerprint density at radius 2 is 1.35 bits per heavy atom. The van der Waals surface area contributed by atoms with Crippen LogP contribution < -0.4 is 25.3 Å². The Morgan fingerprint density at radius 3 is 1.88 bits per heavy atom. The third kappa shape index (κ3) is 6.66. The number of hydrogen-bond acceptors (Lipinski definition) is 6. The topological polar surface area (TPSA) is 120 Å². The highest BCUT2D eigenvalue weighted by Crippen LogP contribution is 2.45. The minimum atomic E-state index is -0.698. The van der Waals surface area contributed by atoms with Crippen LogP contribution in [0.2, 0.25) is 0 Å². The molecule has 9 nitrogen and oxygen atoms in total. The van der Waals surface area contributed by atoms with E-state index in [1.54, 1.807) is 26.2 Å². The molecule has 1 aliphatic heterocycles. The van der Waals surface area contributed by atoms with Crippen LogP contribution in [0, 0.1) is 11.8 Å². The molecule has 0 bridgehead atoms. The lowest BCUT2D eigenvalue weighted by atomic mass is 9.75. The smallest absolute Gasteiger partial charge is 0.243 e. The number of nitrogens with one attached hydrogen (secondary N) is 1. The van der Waals surface area contributed by atoms with E-state index in [1.165, 1.54) is 0 Å². The van der Waals surface area contributed by atoms with E-state index in [9.17, 15) is 14.4 Å². The maximum atomic E-state index is 14.5. The number of carbonyl (C=O) groups is 3. The highest BCUT2D eigenvalue weighted by atomic mass is 16.5. The summed E-state index contributed by atoms with van der Waals surface area (Å²) >= 11 is 0. The van der Waals surface area contributed by atoms with Gasteiger partial charge >= 0.3 is 0 Å². The van der Waals surface area contributed by atoms with Crippen molar-refractivity contribution in [1.82, 2.24) is 10.2 Å². The average Bonchev–Trinajstić information content (AvgIpc) is 3.00. The van der Waals surface area contributed by atoms with Crippen molar-refractivity contribution in [3.8, 4) is 17.2 Å². The van der Waals surface area contributed by atoms with E-state index in [2.05, 4.69) is 5.32 Å². The Hall–Kier alpha value is -2.97. The lowest BCUT2D eigenvalue weighted by Gasteiger charge is -2.40. The number of ether oxygens (including phenoxy) is 3. The fourth-order valence-corrected chi connectivity index (χ4v) is 7.15. The summed E-state index contributed by atoms with van der Waals surface area (Å²) in [4.78, 5) is 42.4. The van der Waals surface area contributed by atoms with E-state index < -0.39 is 23.9 Å². The summed E-state index contributed by atoms with van der Waals surface area (Å²) in [6.07, 6.45) is 12.4. The average molecular weight is 558 g/mol. The van der Waals surface area contributed by atoms with Crippen LogP contribution in [0.4, 0.5) is 0 Å². The molecular weight excluding hydrogens is 510 g/mol. The molecule has 1 heterocycles. The first kappa shape index (κ1) is 30.0. The molecule has 0 spiro atoms. The van der Waals surface area contributed by atoms with E-state index in [4.69, 9.17) is 19.9 Å². The van der Waals surface area contributed by atoms with Crippen molar-refractivity contribution in [1.29, 1.82) is 0 Å². The van der Waals surface area contributed by atoms with Gasteiger partial charge < -0.3 is 30.2 Å². The zero-order chi connectivity index (χ0) is 28.6. The van der Waals surface area contributed by atoms with Crippen LogP contribution in [0.3, 0.4) is 0 Å². The number of amides is 3. The van der Waals surface area contributed by atoms with Gasteiger partial charge in [-0.15, -0.1) is 0 Å². The molecule has 0 aromatic heterocycles. The van der Waals surface area contributed by atoms with Crippen LogP contribution in [0.15, 0.2) is 12.1 Å². The largest absolute Gasteiger partial charge is 0.493 e. The van der Waals surface area contributed by atoms with E-state index in [0.717, 1.165) is 82.6 Å². The maximum absolute atomic E-state index is 14.5. The van der Waals surface area contributed by atoms with E-state index in [0.29, 0.717) is 30.2 Å². The highest BCUT2D eigenvalue weighted by molar-refractivity contribution is 5.93. The molecule has 1 saturated heterocycles. The molecular formula is C31H47N3O6. The minimum absolute atomic E-state index is 0.0469. The summed E-state index contributed by atoms with van der Waals surface area (Å²) in [6.45, 7) is 0.509. The molecule has 1 aromatic carbocycles. The molecule has 2 saturated carbocycles. The number of piperidine rings is 1.